The molecule has 0 bridgehead atoms. The van der Waals surface area contributed by atoms with Crippen molar-refractivity contribution in [2.45, 2.75) is 38.7 Å². The van der Waals surface area contributed by atoms with Crippen molar-refractivity contribution in [3.63, 3.8) is 0 Å². The van der Waals surface area contributed by atoms with E-state index in [0.717, 1.165) is 22.3 Å². The minimum atomic E-state index is -0.842. The molecule has 0 amide bonds. The van der Waals surface area contributed by atoms with E-state index < -0.39 is 11.9 Å². The topological polar surface area (TPSA) is 46.5 Å². The number of ether oxygens (including phenoxy) is 1. The zero-order valence-corrected chi connectivity index (χ0v) is 13.1. The van der Waals surface area contributed by atoms with E-state index in [4.69, 9.17) is 4.74 Å². The van der Waals surface area contributed by atoms with Crippen LogP contribution in [0.4, 0.5) is 0 Å². The minimum Gasteiger partial charge on any atom is -0.489 e. The Morgan fingerprint density at radius 1 is 1.14 bits per heavy atom. The van der Waals surface area contributed by atoms with Gasteiger partial charge in [0, 0.05) is 5.56 Å². The lowest BCUT2D eigenvalue weighted by atomic mass is 9.82. The SMILES string of the molecule is CC(C)(C)c1ccc2c(c1)C(C(=O)O)c1ccccc1CO2. The summed E-state index contributed by atoms with van der Waals surface area (Å²) in [4.78, 5) is 11.9. The van der Waals surface area contributed by atoms with Gasteiger partial charge >= 0.3 is 5.97 Å². The van der Waals surface area contributed by atoms with Crippen LogP contribution in [0.5, 0.6) is 5.75 Å². The molecule has 0 saturated heterocycles. The lowest BCUT2D eigenvalue weighted by Gasteiger charge is -2.22. The zero-order chi connectivity index (χ0) is 15.9. The van der Waals surface area contributed by atoms with Gasteiger partial charge in [-0.3, -0.25) is 4.79 Å². The average molecular weight is 296 g/mol. The highest BCUT2D eigenvalue weighted by atomic mass is 16.5. The maximum absolute atomic E-state index is 11.9. The normalized spacial score (nSPS) is 17.0. The molecule has 0 aromatic heterocycles. The van der Waals surface area contributed by atoms with Crippen molar-refractivity contribution in [3.8, 4) is 5.75 Å². The van der Waals surface area contributed by atoms with Crippen LogP contribution in [0.3, 0.4) is 0 Å². The lowest BCUT2D eigenvalue weighted by molar-refractivity contribution is -0.137. The Balaban J connectivity index is 2.22. The quantitative estimate of drug-likeness (QED) is 0.862. The van der Waals surface area contributed by atoms with Gasteiger partial charge in [-0.05, 0) is 28.2 Å². The fourth-order valence-corrected chi connectivity index (χ4v) is 2.91. The van der Waals surface area contributed by atoms with Gasteiger partial charge in [0.1, 0.15) is 18.3 Å². The summed E-state index contributed by atoms with van der Waals surface area (Å²) in [7, 11) is 0. The summed E-state index contributed by atoms with van der Waals surface area (Å²) in [5.41, 5.74) is 3.57. The highest BCUT2D eigenvalue weighted by Gasteiger charge is 2.31. The first-order valence-corrected chi connectivity index (χ1v) is 7.46. The van der Waals surface area contributed by atoms with Crippen molar-refractivity contribution in [2.75, 3.05) is 0 Å². The molecule has 3 nitrogen and oxygen atoms in total. The van der Waals surface area contributed by atoms with E-state index in [1.54, 1.807) is 0 Å². The summed E-state index contributed by atoms with van der Waals surface area (Å²) in [5.74, 6) is -0.863. The van der Waals surface area contributed by atoms with Crippen molar-refractivity contribution in [2.24, 2.45) is 0 Å². The molecule has 0 spiro atoms. The van der Waals surface area contributed by atoms with Crippen molar-refractivity contribution in [1.29, 1.82) is 0 Å². The van der Waals surface area contributed by atoms with Gasteiger partial charge in [0.05, 0.1) is 0 Å². The van der Waals surface area contributed by atoms with Crippen molar-refractivity contribution in [1.82, 2.24) is 0 Å². The van der Waals surface area contributed by atoms with E-state index in [-0.39, 0.29) is 5.41 Å². The number of carbonyl (C=O) groups is 1. The van der Waals surface area contributed by atoms with Gasteiger partial charge in [-0.2, -0.15) is 0 Å². The molecule has 3 heteroatoms. The molecule has 1 heterocycles. The van der Waals surface area contributed by atoms with Crippen LogP contribution in [0, 0.1) is 0 Å². The van der Waals surface area contributed by atoms with Gasteiger partial charge in [0.15, 0.2) is 0 Å². The molecule has 2 aromatic carbocycles. The van der Waals surface area contributed by atoms with Crippen molar-refractivity contribution in [3.05, 3.63) is 64.7 Å². The number of carboxylic acid groups (broad SMARTS) is 1. The van der Waals surface area contributed by atoms with Crippen LogP contribution in [0.15, 0.2) is 42.5 Å². The second-order valence-electron chi connectivity index (χ2n) is 6.76. The first kappa shape index (κ1) is 14.6. The molecular weight excluding hydrogens is 276 g/mol. The number of rotatable bonds is 1. The van der Waals surface area contributed by atoms with E-state index in [1.807, 2.05) is 42.5 Å². The summed E-state index contributed by atoms with van der Waals surface area (Å²) in [5, 5.41) is 9.79. The number of hydrogen-bond acceptors (Lipinski definition) is 2. The standard InChI is InChI=1S/C19H20O3/c1-19(2,3)13-8-9-16-15(10-13)17(18(20)21)14-7-5-4-6-12(14)11-22-16/h4-10,17H,11H2,1-3H3,(H,20,21). The Morgan fingerprint density at radius 2 is 1.86 bits per heavy atom. The third-order valence-electron chi connectivity index (χ3n) is 4.18. The summed E-state index contributed by atoms with van der Waals surface area (Å²) in [6.45, 7) is 6.77. The van der Waals surface area contributed by atoms with Gasteiger partial charge in [0.25, 0.3) is 0 Å². The third kappa shape index (κ3) is 2.47. The lowest BCUT2D eigenvalue weighted by Crippen LogP contribution is -2.16. The van der Waals surface area contributed by atoms with E-state index in [1.165, 1.54) is 0 Å². The largest absolute Gasteiger partial charge is 0.489 e. The van der Waals surface area contributed by atoms with Gasteiger partial charge in [-0.15, -0.1) is 0 Å². The van der Waals surface area contributed by atoms with Crippen molar-refractivity contribution < 1.29 is 14.6 Å². The Hall–Kier alpha value is -2.29. The number of fused-ring (bicyclic) bond motifs is 2. The first-order chi connectivity index (χ1) is 10.4. The molecule has 3 rings (SSSR count). The molecule has 0 radical (unpaired) electrons. The molecule has 0 fully saturated rings. The number of aliphatic carboxylic acids is 1. The molecule has 22 heavy (non-hydrogen) atoms. The Morgan fingerprint density at radius 3 is 2.55 bits per heavy atom. The van der Waals surface area contributed by atoms with Crippen LogP contribution < -0.4 is 4.74 Å². The fourth-order valence-electron chi connectivity index (χ4n) is 2.91. The fraction of sp³-hybridized carbons (Fsp3) is 0.316. The molecule has 2 aromatic rings. The van der Waals surface area contributed by atoms with Crippen LogP contribution >= 0.6 is 0 Å². The Labute approximate surface area is 130 Å². The Kier molecular flexibility index (Phi) is 3.44. The van der Waals surface area contributed by atoms with E-state index >= 15 is 0 Å². The Bertz CT molecular complexity index is 726. The van der Waals surface area contributed by atoms with Crippen LogP contribution in [0.1, 0.15) is 48.9 Å². The first-order valence-electron chi connectivity index (χ1n) is 7.46. The van der Waals surface area contributed by atoms with Crippen LogP contribution in [0.2, 0.25) is 0 Å². The molecule has 1 atom stereocenters. The molecule has 1 aliphatic rings. The smallest absolute Gasteiger partial charge is 0.315 e. The summed E-state index contributed by atoms with van der Waals surface area (Å²) < 4.78 is 5.86. The van der Waals surface area contributed by atoms with Crippen LogP contribution in [-0.2, 0) is 16.8 Å². The summed E-state index contributed by atoms with van der Waals surface area (Å²) in [6.07, 6.45) is 0. The number of carboxylic acids is 1. The monoisotopic (exact) mass is 296 g/mol. The molecule has 1 aliphatic heterocycles. The van der Waals surface area contributed by atoms with Gasteiger partial charge in [-0.25, -0.2) is 0 Å². The number of benzene rings is 2. The van der Waals surface area contributed by atoms with Gasteiger partial charge in [0.2, 0.25) is 0 Å². The minimum absolute atomic E-state index is 0.0378. The van der Waals surface area contributed by atoms with E-state index in [2.05, 4.69) is 20.8 Å². The summed E-state index contributed by atoms with van der Waals surface area (Å²) in [6, 6.07) is 13.5. The highest BCUT2D eigenvalue weighted by molar-refractivity contribution is 5.82. The third-order valence-corrected chi connectivity index (χ3v) is 4.18. The average Bonchev–Trinajstić information content (AvgIpc) is 2.62. The molecule has 114 valence electrons. The highest BCUT2D eigenvalue weighted by Crippen LogP contribution is 2.39. The van der Waals surface area contributed by atoms with Crippen LogP contribution in [-0.4, -0.2) is 11.1 Å². The van der Waals surface area contributed by atoms with Crippen LogP contribution in [0.25, 0.3) is 0 Å². The van der Waals surface area contributed by atoms with Gasteiger partial charge in [-0.1, -0.05) is 57.2 Å². The van der Waals surface area contributed by atoms with Crippen molar-refractivity contribution >= 4 is 5.97 Å². The second-order valence-corrected chi connectivity index (χ2v) is 6.76. The summed E-state index contributed by atoms with van der Waals surface area (Å²) >= 11 is 0. The maximum atomic E-state index is 11.9. The zero-order valence-electron chi connectivity index (χ0n) is 13.1. The molecule has 0 saturated carbocycles. The molecular formula is C19H20O3. The predicted octanol–water partition coefficient (Wildman–Crippen LogP) is 4.09. The second kappa shape index (κ2) is 5.16. The van der Waals surface area contributed by atoms with E-state index in [0.29, 0.717) is 12.4 Å². The molecule has 1 unspecified atom stereocenters. The molecule has 0 aliphatic carbocycles. The van der Waals surface area contributed by atoms with E-state index in [9.17, 15) is 9.90 Å². The molecule has 1 N–H and O–H groups in total. The maximum Gasteiger partial charge on any atom is 0.315 e. The predicted molar refractivity (Wildman–Crippen MR) is 85.4 cm³/mol. The van der Waals surface area contributed by atoms with Gasteiger partial charge < -0.3 is 9.84 Å². The number of hydrogen-bond donors (Lipinski definition) is 1.